The summed E-state index contributed by atoms with van der Waals surface area (Å²) in [5, 5.41) is 6.52. The molecule has 3 rings (SSSR count). The molecule has 5 heteroatoms. The summed E-state index contributed by atoms with van der Waals surface area (Å²) < 4.78 is 5.57. The van der Waals surface area contributed by atoms with E-state index in [1.807, 2.05) is 0 Å². The molecule has 1 heterocycles. The number of rotatable bonds is 6. The monoisotopic (exact) mass is 302 g/mol. The Kier molecular flexibility index (Phi) is 5.70. The fourth-order valence-electron chi connectivity index (χ4n) is 3.64. The first-order valence-corrected chi connectivity index (χ1v) is 7.88. The van der Waals surface area contributed by atoms with Gasteiger partial charge in [0, 0.05) is 19.7 Å². The van der Waals surface area contributed by atoms with Crippen LogP contribution in [0.25, 0.3) is 0 Å². The number of nitrogens with one attached hydrogen (secondary N) is 2. The fourth-order valence-corrected chi connectivity index (χ4v) is 3.64. The highest BCUT2D eigenvalue weighted by Crippen LogP contribution is 2.43. The molecule has 0 spiro atoms. The van der Waals surface area contributed by atoms with Crippen molar-refractivity contribution in [3.8, 4) is 0 Å². The van der Waals surface area contributed by atoms with Crippen molar-refractivity contribution in [3.05, 3.63) is 0 Å². The van der Waals surface area contributed by atoms with Crippen LogP contribution in [-0.2, 0) is 9.53 Å². The van der Waals surface area contributed by atoms with E-state index in [4.69, 9.17) is 4.74 Å². The summed E-state index contributed by atoms with van der Waals surface area (Å²) >= 11 is 0. The van der Waals surface area contributed by atoms with Gasteiger partial charge in [0.1, 0.15) is 0 Å². The van der Waals surface area contributed by atoms with Crippen molar-refractivity contribution in [1.29, 1.82) is 0 Å². The van der Waals surface area contributed by atoms with Gasteiger partial charge in [0.25, 0.3) is 0 Å². The number of amides is 1. The molecule has 1 amide bonds. The van der Waals surface area contributed by atoms with E-state index in [1.54, 1.807) is 0 Å². The predicted octanol–water partition coefficient (Wildman–Crippen LogP) is 1.73. The molecule has 2 saturated carbocycles. The van der Waals surface area contributed by atoms with E-state index in [1.165, 1.54) is 32.1 Å². The van der Waals surface area contributed by atoms with E-state index in [-0.39, 0.29) is 23.7 Å². The number of hydrogen-bond donors (Lipinski definition) is 2. The molecule has 20 heavy (non-hydrogen) atoms. The first-order chi connectivity index (χ1) is 9.31. The summed E-state index contributed by atoms with van der Waals surface area (Å²) in [5.74, 6) is 1.61. The molecule has 0 aromatic heterocycles. The molecule has 0 bridgehead atoms. The Morgan fingerprint density at radius 1 is 1.30 bits per heavy atom. The maximum Gasteiger partial charge on any atom is 0.227 e. The Morgan fingerprint density at radius 3 is 2.95 bits per heavy atom. The average molecular weight is 303 g/mol. The molecule has 0 unspecified atom stereocenters. The van der Waals surface area contributed by atoms with Crippen LogP contribution < -0.4 is 10.6 Å². The SMILES string of the molecule is Cl.O=C(NCCOCC1CC1)[C@@]12CCCC[C@H]1CNC2. The zero-order valence-electron chi connectivity index (χ0n) is 12.2. The predicted molar refractivity (Wildman–Crippen MR) is 81.1 cm³/mol. The highest BCUT2D eigenvalue weighted by atomic mass is 35.5. The van der Waals surface area contributed by atoms with Gasteiger partial charge in [0.2, 0.25) is 5.91 Å². The Balaban J connectivity index is 0.00000147. The maximum atomic E-state index is 12.5. The van der Waals surface area contributed by atoms with Crippen LogP contribution >= 0.6 is 12.4 Å². The third kappa shape index (κ3) is 3.46. The zero-order chi connectivity index (χ0) is 13.1. The first kappa shape index (κ1) is 16.1. The number of fused-ring (bicyclic) bond motifs is 1. The van der Waals surface area contributed by atoms with Crippen LogP contribution in [0.3, 0.4) is 0 Å². The van der Waals surface area contributed by atoms with Gasteiger partial charge in [-0.05, 0) is 44.1 Å². The highest BCUT2D eigenvalue weighted by molar-refractivity contribution is 5.85. The summed E-state index contributed by atoms with van der Waals surface area (Å²) in [5.41, 5.74) is -0.116. The van der Waals surface area contributed by atoms with E-state index < -0.39 is 0 Å². The summed E-state index contributed by atoms with van der Waals surface area (Å²) in [6.45, 7) is 4.10. The van der Waals surface area contributed by atoms with Gasteiger partial charge in [-0.25, -0.2) is 0 Å². The number of carbonyl (C=O) groups is 1. The highest BCUT2D eigenvalue weighted by Gasteiger charge is 2.49. The number of carbonyl (C=O) groups excluding carboxylic acids is 1. The lowest BCUT2D eigenvalue weighted by Crippen LogP contribution is -2.48. The molecule has 116 valence electrons. The molecule has 2 aliphatic carbocycles. The van der Waals surface area contributed by atoms with Crippen LogP contribution in [0.1, 0.15) is 38.5 Å². The molecule has 0 radical (unpaired) electrons. The van der Waals surface area contributed by atoms with Gasteiger partial charge in [-0.3, -0.25) is 4.79 Å². The molecule has 2 atom stereocenters. The summed E-state index contributed by atoms with van der Waals surface area (Å²) in [7, 11) is 0. The minimum absolute atomic E-state index is 0. The molecular formula is C15H27ClN2O2. The Bertz CT molecular complexity index is 336. The van der Waals surface area contributed by atoms with Crippen molar-refractivity contribution >= 4 is 18.3 Å². The van der Waals surface area contributed by atoms with Gasteiger partial charge in [-0.15, -0.1) is 12.4 Å². The Labute approximate surface area is 127 Å². The summed E-state index contributed by atoms with van der Waals surface area (Å²) in [6.07, 6.45) is 7.39. The molecule has 3 fully saturated rings. The van der Waals surface area contributed by atoms with Gasteiger partial charge in [0.05, 0.1) is 12.0 Å². The van der Waals surface area contributed by atoms with Crippen molar-refractivity contribution in [3.63, 3.8) is 0 Å². The van der Waals surface area contributed by atoms with Gasteiger partial charge in [-0.2, -0.15) is 0 Å². The van der Waals surface area contributed by atoms with E-state index in [0.717, 1.165) is 32.0 Å². The van der Waals surface area contributed by atoms with Gasteiger partial charge >= 0.3 is 0 Å². The molecule has 2 N–H and O–H groups in total. The van der Waals surface area contributed by atoms with Crippen LogP contribution in [0.4, 0.5) is 0 Å². The topological polar surface area (TPSA) is 50.4 Å². The molecule has 0 aromatic rings. The third-order valence-corrected chi connectivity index (χ3v) is 5.07. The molecule has 1 aliphatic heterocycles. The molecule has 3 aliphatic rings. The van der Waals surface area contributed by atoms with Crippen molar-refractivity contribution in [2.45, 2.75) is 38.5 Å². The largest absolute Gasteiger partial charge is 0.379 e. The molecule has 1 saturated heterocycles. The van der Waals surface area contributed by atoms with Crippen molar-refractivity contribution in [2.75, 3.05) is 32.8 Å². The lowest BCUT2D eigenvalue weighted by atomic mass is 9.67. The number of hydrogen-bond acceptors (Lipinski definition) is 3. The standard InChI is InChI=1S/C15H26N2O2.ClH/c18-14(17-7-8-19-10-12-4-5-12)15-6-2-1-3-13(15)9-16-11-15;/h12-13,16H,1-11H2,(H,17,18);1H/t13-,15+;/m0./s1. The minimum Gasteiger partial charge on any atom is -0.379 e. The lowest BCUT2D eigenvalue weighted by Gasteiger charge is -2.37. The van der Waals surface area contributed by atoms with Crippen molar-refractivity contribution in [1.82, 2.24) is 10.6 Å². The zero-order valence-corrected chi connectivity index (χ0v) is 13.0. The Morgan fingerprint density at radius 2 is 2.15 bits per heavy atom. The first-order valence-electron chi connectivity index (χ1n) is 7.88. The van der Waals surface area contributed by atoms with Gasteiger partial charge < -0.3 is 15.4 Å². The second kappa shape index (κ2) is 7.10. The average Bonchev–Trinajstić information content (AvgIpc) is 3.14. The third-order valence-electron chi connectivity index (χ3n) is 5.07. The van der Waals surface area contributed by atoms with Crippen LogP contribution in [-0.4, -0.2) is 38.8 Å². The van der Waals surface area contributed by atoms with Gasteiger partial charge in [0.15, 0.2) is 0 Å². The van der Waals surface area contributed by atoms with E-state index >= 15 is 0 Å². The second-order valence-corrected chi connectivity index (χ2v) is 6.50. The van der Waals surface area contributed by atoms with Crippen LogP contribution in [0.5, 0.6) is 0 Å². The van der Waals surface area contributed by atoms with Crippen LogP contribution in [0.2, 0.25) is 0 Å². The second-order valence-electron chi connectivity index (χ2n) is 6.50. The van der Waals surface area contributed by atoms with Gasteiger partial charge in [-0.1, -0.05) is 12.8 Å². The smallest absolute Gasteiger partial charge is 0.227 e. The lowest BCUT2D eigenvalue weighted by molar-refractivity contribution is -0.134. The van der Waals surface area contributed by atoms with Crippen LogP contribution in [0, 0.1) is 17.3 Å². The maximum absolute atomic E-state index is 12.5. The van der Waals surface area contributed by atoms with E-state index in [0.29, 0.717) is 19.1 Å². The van der Waals surface area contributed by atoms with E-state index in [2.05, 4.69) is 10.6 Å². The number of halogens is 1. The van der Waals surface area contributed by atoms with Crippen LogP contribution in [0.15, 0.2) is 0 Å². The van der Waals surface area contributed by atoms with Crippen molar-refractivity contribution < 1.29 is 9.53 Å². The minimum atomic E-state index is -0.116. The summed E-state index contributed by atoms with van der Waals surface area (Å²) in [6, 6.07) is 0. The quantitative estimate of drug-likeness (QED) is 0.735. The fraction of sp³-hybridized carbons (Fsp3) is 0.933. The molecular weight excluding hydrogens is 276 g/mol. The van der Waals surface area contributed by atoms with Crippen molar-refractivity contribution in [2.24, 2.45) is 17.3 Å². The van der Waals surface area contributed by atoms with E-state index in [9.17, 15) is 4.79 Å². The molecule has 4 nitrogen and oxygen atoms in total. The number of ether oxygens (including phenoxy) is 1. The normalized spacial score (nSPS) is 32.3. The Hall–Kier alpha value is -0.320. The summed E-state index contributed by atoms with van der Waals surface area (Å²) in [4.78, 5) is 12.5. The molecule has 0 aromatic carbocycles.